The molecule has 2 atom stereocenters. The molecule has 2 heterocycles. The van der Waals surface area contributed by atoms with Gasteiger partial charge in [-0.25, -0.2) is 4.98 Å². The summed E-state index contributed by atoms with van der Waals surface area (Å²) in [5, 5.41) is 31.2. The summed E-state index contributed by atoms with van der Waals surface area (Å²) in [5.74, 6) is -3.34. The summed E-state index contributed by atoms with van der Waals surface area (Å²) in [6.07, 6.45) is 0.974. The maximum Gasteiger partial charge on any atom is 0.303 e. The molecule has 13 nitrogen and oxygen atoms in total. The monoisotopic (exact) mass is 682 g/mol. The van der Waals surface area contributed by atoms with Gasteiger partial charge in [-0.1, -0.05) is 29.8 Å². The highest BCUT2D eigenvalue weighted by Gasteiger charge is 2.38. The number of carbonyl (C=O) groups is 5. The van der Waals surface area contributed by atoms with Crippen LogP contribution in [-0.2, 0) is 20.9 Å². The second-order valence-electron chi connectivity index (χ2n) is 11.6. The fourth-order valence-electron chi connectivity index (χ4n) is 5.07. The molecule has 0 radical (unpaired) electrons. The third kappa shape index (κ3) is 8.76. The van der Waals surface area contributed by atoms with E-state index in [0.29, 0.717) is 16.1 Å². The van der Waals surface area contributed by atoms with E-state index in [4.69, 9.17) is 9.68 Å². The van der Waals surface area contributed by atoms with Crippen molar-refractivity contribution < 1.29 is 33.5 Å². The number of carboxylic acid groups (broad SMARTS) is 1. The summed E-state index contributed by atoms with van der Waals surface area (Å²) >= 11 is 1.26. The maximum atomic E-state index is 13.5. The highest BCUT2D eigenvalue weighted by molar-refractivity contribution is 7.13. The lowest BCUT2D eigenvalue weighted by molar-refractivity contribution is -0.137. The van der Waals surface area contributed by atoms with E-state index in [-0.39, 0.29) is 47.6 Å². The minimum atomic E-state index is -1.23. The van der Waals surface area contributed by atoms with Crippen molar-refractivity contribution in [2.24, 2.45) is 5.92 Å². The van der Waals surface area contributed by atoms with E-state index in [1.165, 1.54) is 18.4 Å². The molecule has 252 valence electrons. The van der Waals surface area contributed by atoms with Crippen LogP contribution >= 0.6 is 11.3 Å². The number of furan rings is 1. The van der Waals surface area contributed by atoms with Crippen LogP contribution in [0.3, 0.4) is 0 Å². The van der Waals surface area contributed by atoms with Gasteiger partial charge in [0.1, 0.15) is 28.5 Å². The van der Waals surface area contributed by atoms with Gasteiger partial charge >= 0.3 is 5.97 Å². The molecule has 1 fully saturated rings. The number of likely N-dealkylation sites (N-methyl/N-ethyl adjacent to an activating group) is 1. The lowest BCUT2D eigenvalue weighted by Gasteiger charge is -2.18. The summed E-state index contributed by atoms with van der Waals surface area (Å²) in [6, 6.07) is 15.7. The summed E-state index contributed by atoms with van der Waals surface area (Å²) in [6.45, 7) is 1.74. The maximum absolute atomic E-state index is 13.5. The number of hydrogen-bond donors (Lipinski definition) is 5. The van der Waals surface area contributed by atoms with Crippen LogP contribution in [0, 0.1) is 24.2 Å². The van der Waals surface area contributed by atoms with E-state index < -0.39 is 42.2 Å². The number of nitriles is 1. The first kappa shape index (κ1) is 34.5. The average molecular weight is 683 g/mol. The van der Waals surface area contributed by atoms with Gasteiger partial charge in [-0.05, 0) is 62.4 Å². The number of benzene rings is 2. The van der Waals surface area contributed by atoms with Crippen molar-refractivity contribution in [3.63, 3.8) is 0 Å². The minimum Gasteiger partial charge on any atom is -0.481 e. The Labute approximate surface area is 285 Å². The number of amides is 4. The molecule has 0 bridgehead atoms. The molecule has 5 N–H and O–H groups in total. The molecule has 14 heteroatoms. The zero-order chi connectivity index (χ0) is 35.1. The normalized spacial score (nSPS) is 13.4. The Balaban J connectivity index is 1.34. The van der Waals surface area contributed by atoms with Crippen LogP contribution in [0.15, 0.2) is 64.4 Å². The predicted octanol–water partition coefficient (Wildman–Crippen LogP) is 3.78. The van der Waals surface area contributed by atoms with Crippen LogP contribution in [-0.4, -0.2) is 58.8 Å². The molecule has 0 aliphatic heterocycles. The van der Waals surface area contributed by atoms with Gasteiger partial charge in [-0.2, -0.15) is 5.26 Å². The number of carboxylic acids is 1. The fraction of sp³-hybridized carbons (Fsp3) is 0.286. The minimum absolute atomic E-state index is 0.00991. The summed E-state index contributed by atoms with van der Waals surface area (Å²) < 4.78 is 5.96. The largest absolute Gasteiger partial charge is 0.481 e. The van der Waals surface area contributed by atoms with Gasteiger partial charge in [0.25, 0.3) is 11.8 Å². The molecule has 2 aromatic heterocycles. The number of nitrogens with zero attached hydrogens (tertiary/aromatic N) is 2. The van der Waals surface area contributed by atoms with E-state index in [1.54, 1.807) is 35.7 Å². The second kappa shape index (κ2) is 15.4. The van der Waals surface area contributed by atoms with E-state index >= 15 is 0 Å². The van der Waals surface area contributed by atoms with E-state index in [2.05, 4.69) is 26.3 Å². The molecular formula is C35H34N6O7S. The van der Waals surface area contributed by atoms with Crippen molar-refractivity contribution in [1.29, 1.82) is 5.26 Å². The summed E-state index contributed by atoms with van der Waals surface area (Å²) in [5.41, 5.74) is 3.25. The van der Waals surface area contributed by atoms with Crippen molar-refractivity contribution in [3.8, 4) is 28.0 Å². The SMILES string of the molecule is CNC(=O)[C@@H](NC(=O)c1oc(-c2ccc(C#N)cc2)cc1CNC(=O)[C@H](CCC(=O)O)NC(=O)c1csc(-c2ccc(C)cc2)n1)C1CC1. The van der Waals surface area contributed by atoms with Gasteiger partial charge in [0, 0.05) is 42.1 Å². The van der Waals surface area contributed by atoms with Crippen molar-refractivity contribution in [3.05, 3.63) is 88.1 Å². The van der Waals surface area contributed by atoms with Gasteiger partial charge in [0.15, 0.2) is 5.76 Å². The molecular weight excluding hydrogens is 648 g/mol. The highest BCUT2D eigenvalue weighted by Crippen LogP contribution is 2.33. The predicted molar refractivity (Wildman–Crippen MR) is 179 cm³/mol. The molecule has 2 aromatic carbocycles. The number of aliphatic carboxylic acids is 1. The Hall–Kier alpha value is -5.81. The Morgan fingerprint density at radius 3 is 2.33 bits per heavy atom. The van der Waals surface area contributed by atoms with Crippen LogP contribution in [0.4, 0.5) is 0 Å². The molecule has 1 aliphatic rings. The van der Waals surface area contributed by atoms with Gasteiger partial charge in [-0.3, -0.25) is 24.0 Å². The topological polar surface area (TPSA) is 204 Å². The third-order valence-corrected chi connectivity index (χ3v) is 8.87. The smallest absolute Gasteiger partial charge is 0.303 e. The summed E-state index contributed by atoms with van der Waals surface area (Å²) in [4.78, 5) is 68.4. The lowest BCUT2D eigenvalue weighted by atomic mass is 10.1. The molecule has 49 heavy (non-hydrogen) atoms. The number of carbonyl (C=O) groups excluding carboxylic acids is 4. The van der Waals surface area contributed by atoms with Crippen LogP contribution in [0.5, 0.6) is 0 Å². The number of aromatic nitrogens is 1. The first-order chi connectivity index (χ1) is 23.6. The molecule has 0 saturated heterocycles. The van der Waals surface area contributed by atoms with E-state index in [9.17, 15) is 29.1 Å². The van der Waals surface area contributed by atoms with Crippen LogP contribution in [0.1, 0.15) is 63.4 Å². The molecule has 1 aliphatic carbocycles. The van der Waals surface area contributed by atoms with Crippen LogP contribution in [0.25, 0.3) is 21.9 Å². The molecule has 0 spiro atoms. The van der Waals surface area contributed by atoms with Crippen molar-refractivity contribution >= 4 is 40.9 Å². The number of thiazole rings is 1. The molecule has 4 aromatic rings. The van der Waals surface area contributed by atoms with E-state index in [0.717, 1.165) is 24.0 Å². The first-order valence-electron chi connectivity index (χ1n) is 15.5. The number of rotatable bonds is 14. The zero-order valence-electron chi connectivity index (χ0n) is 26.7. The Bertz CT molecular complexity index is 1910. The summed E-state index contributed by atoms with van der Waals surface area (Å²) in [7, 11) is 1.48. The van der Waals surface area contributed by atoms with Crippen molar-refractivity contribution in [2.45, 2.75) is 51.2 Å². The molecule has 0 unspecified atom stereocenters. The zero-order valence-corrected chi connectivity index (χ0v) is 27.6. The Kier molecular flexibility index (Phi) is 10.8. The lowest BCUT2D eigenvalue weighted by Crippen LogP contribution is -2.48. The van der Waals surface area contributed by atoms with Crippen molar-refractivity contribution in [1.82, 2.24) is 26.3 Å². The van der Waals surface area contributed by atoms with Gasteiger partial charge < -0.3 is 30.8 Å². The molecule has 1 saturated carbocycles. The number of nitrogens with one attached hydrogen (secondary N) is 4. The molecule has 4 amide bonds. The molecule has 5 rings (SSSR count). The van der Waals surface area contributed by atoms with Crippen molar-refractivity contribution in [2.75, 3.05) is 7.05 Å². The number of aryl methyl sites for hydroxylation is 1. The first-order valence-corrected chi connectivity index (χ1v) is 16.4. The van der Waals surface area contributed by atoms with Crippen LogP contribution < -0.4 is 21.3 Å². The van der Waals surface area contributed by atoms with Crippen LogP contribution in [0.2, 0.25) is 0 Å². The van der Waals surface area contributed by atoms with E-state index in [1.807, 2.05) is 37.3 Å². The third-order valence-electron chi connectivity index (χ3n) is 7.98. The standard InChI is InChI=1S/C35H34N6O7S/c1-19-3-7-23(8-4-19)35-40-26(18-49-35)32(45)39-25(13-14-28(42)43)31(44)38-17-24-15-27(21-9-5-20(16-36)6-10-21)48-30(24)34(47)41-29(22-11-12-22)33(46)37-2/h3-10,15,18,22,25,29H,11-14,17H2,1-2H3,(H,37,46)(H,38,44)(H,39,45)(H,41,47)(H,42,43)/t25-,29-/m0/s1. The van der Waals surface area contributed by atoms with Gasteiger partial charge in [0.05, 0.1) is 11.6 Å². The number of hydrogen-bond acceptors (Lipinski definition) is 9. The average Bonchev–Trinajstić information content (AvgIpc) is 3.65. The Morgan fingerprint density at radius 2 is 1.69 bits per heavy atom. The van der Waals surface area contributed by atoms with Gasteiger partial charge in [0.2, 0.25) is 11.8 Å². The quantitative estimate of drug-likeness (QED) is 0.131. The highest BCUT2D eigenvalue weighted by atomic mass is 32.1. The second-order valence-corrected chi connectivity index (χ2v) is 12.5. The Morgan fingerprint density at radius 1 is 1.00 bits per heavy atom. The van der Waals surface area contributed by atoms with Gasteiger partial charge in [-0.15, -0.1) is 11.3 Å². The fourth-order valence-corrected chi connectivity index (χ4v) is 5.88.